The van der Waals surface area contributed by atoms with Gasteiger partial charge in [0.25, 0.3) is 0 Å². The minimum absolute atomic E-state index is 0.265. The summed E-state index contributed by atoms with van der Waals surface area (Å²) < 4.78 is 26.9. The van der Waals surface area contributed by atoms with Crippen LogP contribution in [0.2, 0.25) is 0 Å². The van der Waals surface area contributed by atoms with Gasteiger partial charge in [-0.15, -0.1) is 0 Å². The van der Waals surface area contributed by atoms with Gasteiger partial charge in [-0.25, -0.2) is 13.6 Å². The molecule has 1 aromatic rings. The molecule has 2 amide bonds. The van der Waals surface area contributed by atoms with E-state index < -0.39 is 17.7 Å². The molecule has 0 spiro atoms. The Morgan fingerprint density at radius 2 is 2.00 bits per heavy atom. The molecule has 19 heavy (non-hydrogen) atoms. The van der Waals surface area contributed by atoms with E-state index in [0.717, 1.165) is 6.07 Å². The highest BCUT2D eigenvalue weighted by Crippen LogP contribution is 2.28. The van der Waals surface area contributed by atoms with Crippen LogP contribution in [0.3, 0.4) is 0 Å². The van der Waals surface area contributed by atoms with Gasteiger partial charge < -0.3 is 16.0 Å². The summed E-state index contributed by atoms with van der Waals surface area (Å²) in [5, 5.41) is 2.70. The first-order chi connectivity index (χ1) is 8.91. The SMILES string of the molecule is CC1(NC(N)=O)CCN(c2cccc(F)c2F)CC1. The second-order valence-corrected chi connectivity index (χ2v) is 5.11. The van der Waals surface area contributed by atoms with Gasteiger partial charge >= 0.3 is 6.03 Å². The molecule has 2 rings (SSSR count). The van der Waals surface area contributed by atoms with Crippen molar-refractivity contribution in [1.29, 1.82) is 0 Å². The van der Waals surface area contributed by atoms with Gasteiger partial charge in [-0.3, -0.25) is 0 Å². The van der Waals surface area contributed by atoms with Crippen LogP contribution in [0.15, 0.2) is 18.2 Å². The second kappa shape index (κ2) is 5.03. The lowest BCUT2D eigenvalue weighted by Crippen LogP contribution is -2.55. The van der Waals surface area contributed by atoms with E-state index in [1.165, 1.54) is 6.07 Å². The normalized spacial score (nSPS) is 18.2. The first-order valence-electron chi connectivity index (χ1n) is 6.18. The molecule has 4 nitrogen and oxygen atoms in total. The number of urea groups is 1. The van der Waals surface area contributed by atoms with E-state index in [2.05, 4.69) is 5.32 Å². The van der Waals surface area contributed by atoms with E-state index in [9.17, 15) is 13.6 Å². The summed E-state index contributed by atoms with van der Waals surface area (Å²) in [6, 6.07) is 3.58. The predicted molar refractivity (Wildman–Crippen MR) is 68.9 cm³/mol. The minimum Gasteiger partial charge on any atom is -0.369 e. The summed E-state index contributed by atoms with van der Waals surface area (Å²) in [5.41, 5.74) is 5.01. The number of carbonyl (C=O) groups excluding carboxylic acids is 1. The molecule has 0 unspecified atom stereocenters. The van der Waals surface area contributed by atoms with Crippen molar-refractivity contribution in [3.63, 3.8) is 0 Å². The maximum Gasteiger partial charge on any atom is 0.312 e. The van der Waals surface area contributed by atoms with Crippen molar-refractivity contribution < 1.29 is 13.6 Å². The molecule has 104 valence electrons. The first kappa shape index (κ1) is 13.6. The number of hydrogen-bond acceptors (Lipinski definition) is 2. The Balaban J connectivity index is 2.08. The Labute approximate surface area is 110 Å². The highest BCUT2D eigenvalue weighted by atomic mass is 19.2. The number of anilines is 1. The van der Waals surface area contributed by atoms with Crippen LogP contribution in [-0.4, -0.2) is 24.7 Å². The van der Waals surface area contributed by atoms with Crippen LogP contribution in [-0.2, 0) is 0 Å². The zero-order valence-electron chi connectivity index (χ0n) is 10.7. The van der Waals surface area contributed by atoms with Gasteiger partial charge in [0, 0.05) is 18.6 Å². The van der Waals surface area contributed by atoms with E-state index in [0.29, 0.717) is 25.9 Å². The molecule has 0 atom stereocenters. The molecule has 0 aliphatic carbocycles. The van der Waals surface area contributed by atoms with Gasteiger partial charge in [-0.1, -0.05) is 6.07 Å². The third-order valence-electron chi connectivity index (χ3n) is 3.56. The Hall–Kier alpha value is -1.85. The number of nitrogens with one attached hydrogen (secondary N) is 1. The number of nitrogens with zero attached hydrogens (tertiary/aromatic N) is 1. The molecule has 3 N–H and O–H groups in total. The molecule has 0 bridgehead atoms. The lowest BCUT2D eigenvalue weighted by atomic mass is 9.89. The maximum atomic E-state index is 13.7. The Morgan fingerprint density at radius 1 is 1.37 bits per heavy atom. The van der Waals surface area contributed by atoms with Crippen LogP contribution in [0.4, 0.5) is 19.3 Å². The number of amides is 2. The summed E-state index contributed by atoms with van der Waals surface area (Å²) in [5.74, 6) is -1.67. The number of rotatable bonds is 2. The van der Waals surface area contributed by atoms with Crippen LogP contribution < -0.4 is 16.0 Å². The predicted octanol–water partition coefficient (Wildman–Crippen LogP) is 1.99. The van der Waals surface area contributed by atoms with E-state index in [4.69, 9.17) is 5.73 Å². The Morgan fingerprint density at radius 3 is 2.58 bits per heavy atom. The van der Waals surface area contributed by atoms with Crippen molar-refractivity contribution >= 4 is 11.7 Å². The summed E-state index contributed by atoms with van der Waals surface area (Å²) in [7, 11) is 0. The molecular formula is C13H17F2N3O. The van der Waals surface area contributed by atoms with E-state index >= 15 is 0 Å². The number of carbonyl (C=O) groups is 1. The van der Waals surface area contributed by atoms with Gasteiger partial charge in [-0.05, 0) is 31.9 Å². The molecule has 1 aromatic carbocycles. The van der Waals surface area contributed by atoms with Crippen LogP contribution in [0.25, 0.3) is 0 Å². The van der Waals surface area contributed by atoms with E-state index in [1.807, 2.05) is 6.92 Å². The van der Waals surface area contributed by atoms with Crippen molar-refractivity contribution in [2.75, 3.05) is 18.0 Å². The summed E-state index contributed by atoms with van der Waals surface area (Å²) in [6.45, 7) is 2.98. The van der Waals surface area contributed by atoms with Crippen molar-refractivity contribution in [1.82, 2.24) is 5.32 Å². The Kier molecular flexibility index (Phi) is 3.59. The highest BCUT2D eigenvalue weighted by molar-refractivity contribution is 5.72. The van der Waals surface area contributed by atoms with Crippen molar-refractivity contribution in [3.05, 3.63) is 29.8 Å². The van der Waals surface area contributed by atoms with Gasteiger partial charge in [0.05, 0.1) is 5.69 Å². The number of primary amides is 1. The highest BCUT2D eigenvalue weighted by Gasteiger charge is 2.32. The molecule has 1 aliphatic rings. The van der Waals surface area contributed by atoms with Crippen LogP contribution in [0.5, 0.6) is 0 Å². The van der Waals surface area contributed by atoms with Crippen molar-refractivity contribution in [3.8, 4) is 0 Å². The standard InChI is InChI=1S/C13H17F2N3O/c1-13(17-12(16)19)5-7-18(8-6-13)10-4-2-3-9(14)11(10)15/h2-4H,5-8H2,1H3,(H3,16,17,19). The monoisotopic (exact) mass is 269 g/mol. The zero-order valence-corrected chi connectivity index (χ0v) is 10.7. The number of benzene rings is 1. The lowest BCUT2D eigenvalue weighted by molar-refractivity contribution is 0.226. The average molecular weight is 269 g/mol. The molecule has 1 heterocycles. The summed E-state index contributed by atoms with van der Waals surface area (Å²) in [4.78, 5) is 12.7. The second-order valence-electron chi connectivity index (χ2n) is 5.11. The maximum absolute atomic E-state index is 13.7. The molecular weight excluding hydrogens is 252 g/mol. The summed E-state index contributed by atoms with van der Waals surface area (Å²) in [6.07, 6.45) is 1.26. The topological polar surface area (TPSA) is 58.4 Å². The largest absolute Gasteiger partial charge is 0.369 e. The van der Waals surface area contributed by atoms with Gasteiger partial charge in [0.15, 0.2) is 11.6 Å². The molecule has 1 saturated heterocycles. The van der Waals surface area contributed by atoms with Gasteiger partial charge in [0.1, 0.15) is 0 Å². The third-order valence-corrected chi connectivity index (χ3v) is 3.56. The van der Waals surface area contributed by atoms with Crippen LogP contribution in [0, 0.1) is 11.6 Å². The molecule has 1 fully saturated rings. The average Bonchev–Trinajstić information content (AvgIpc) is 2.33. The number of halogens is 2. The fourth-order valence-corrected chi connectivity index (χ4v) is 2.40. The molecule has 6 heteroatoms. The van der Waals surface area contributed by atoms with Crippen molar-refractivity contribution in [2.24, 2.45) is 5.73 Å². The first-order valence-corrected chi connectivity index (χ1v) is 6.18. The van der Waals surface area contributed by atoms with Crippen molar-refractivity contribution in [2.45, 2.75) is 25.3 Å². The third kappa shape index (κ3) is 2.94. The fraction of sp³-hybridized carbons (Fsp3) is 0.462. The zero-order chi connectivity index (χ0) is 14.0. The molecule has 0 radical (unpaired) electrons. The number of hydrogen-bond donors (Lipinski definition) is 2. The Bertz CT molecular complexity index is 485. The molecule has 1 aliphatic heterocycles. The quantitative estimate of drug-likeness (QED) is 0.862. The van der Waals surface area contributed by atoms with Crippen LogP contribution in [0.1, 0.15) is 19.8 Å². The van der Waals surface area contributed by atoms with Crippen LogP contribution >= 0.6 is 0 Å². The summed E-state index contributed by atoms with van der Waals surface area (Å²) >= 11 is 0. The molecule has 0 aromatic heterocycles. The molecule has 0 saturated carbocycles. The number of nitrogens with two attached hydrogens (primary N) is 1. The fourth-order valence-electron chi connectivity index (χ4n) is 2.40. The number of piperidine rings is 1. The van der Waals surface area contributed by atoms with E-state index in [-0.39, 0.29) is 11.2 Å². The lowest BCUT2D eigenvalue weighted by Gasteiger charge is -2.40. The van der Waals surface area contributed by atoms with Gasteiger partial charge in [0.2, 0.25) is 0 Å². The van der Waals surface area contributed by atoms with E-state index in [1.54, 1.807) is 11.0 Å². The van der Waals surface area contributed by atoms with Gasteiger partial charge in [-0.2, -0.15) is 0 Å². The smallest absolute Gasteiger partial charge is 0.312 e. The minimum atomic E-state index is -0.846.